The van der Waals surface area contributed by atoms with Gasteiger partial charge >= 0.3 is 11.9 Å². The first kappa shape index (κ1) is 26.5. The Labute approximate surface area is 226 Å². The van der Waals surface area contributed by atoms with Crippen molar-refractivity contribution in [2.75, 3.05) is 0 Å². The Morgan fingerprint density at radius 2 is 1.74 bits per heavy atom. The minimum Gasteiger partial charge on any atom is -0.349 e. The maximum absolute atomic E-state index is 13.6. The van der Waals surface area contributed by atoms with E-state index in [1.54, 1.807) is 33.4 Å². The maximum atomic E-state index is 13.6. The van der Waals surface area contributed by atoms with Gasteiger partial charge in [-0.25, -0.2) is 9.78 Å². The van der Waals surface area contributed by atoms with Crippen LogP contribution in [0.15, 0.2) is 65.6 Å². The highest BCUT2D eigenvalue weighted by Gasteiger charge is 2.38. The number of fused-ring (bicyclic) bond motifs is 1. The highest BCUT2D eigenvalue weighted by molar-refractivity contribution is 6.30. The highest BCUT2D eigenvalue weighted by atomic mass is 35.5. The molecule has 0 unspecified atom stereocenters. The van der Waals surface area contributed by atoms with Crippen LogP contribution in [0, 0.1) is 17.2 Å². The number of rotatable bonds is 5. The normalized spacial score (nSPS) is 17.6. The van der Waals surface area contributed by atoms with E-state index in [9.17, 15) is 28.0 Å². The van der Waals surface area contributed by atoms with Crippen LogP contribution in [-0.4, -0.2) is 26.1 Å². The van der Waals surface area contributed by atoms with Gasteiger partial charge in [-0.2, -0.15) is 18.4 Å². The number of amides is 1. The van der Waals surface area contributed by atoms with Crippen molar-refractivity contribution in [3.05, 3.63) is 93.1 Å². The fourth-order valence-electron chi connectivity index (χ4n) is 5.23. The molecule has 7 nitrogen and oxygen atoms in total. The van der Waals surface area contributed by atoms with Gasteiger partial charge in [0, 0.05) is 18.8 Å². The molecule has 1 amide bonds. The third kappa shape index (κ3) is 5.27. The summed E-state index contributed by atoms with van der Waals surface area (Å²) >= 11 is 5.81. The summed E-state index contributed by atoms with van der Waals surface area (Å²) in [5.41, 5.74) is 0.228. The summed E-state index contributed by atoms with van der Waals surface area (Å²) < 4.78 is 43.3. The molecule has 1 saturated carbocycles. The number of para-hydroxylation sites is 3. The zero-order valence-electron chi connectivity index (χ0n) is 20.6. The van der Waals surface area contributed by atoms with Crippen LogP contribution < -0.4 is 11.0 Å². The van der Waals surface area contributed by atoms with Gasteiger partial charge < -0.3 is 5.32 Å². The molecule has 0 spiro atoms. The van der Waals surface area contributed by atoms with Crippen LogP contribution >= 0.6 is 11.6 Å². The van der Waals surface area contributed by atoms with E-state index in [4.69, 9.17) is 11.6 Å². The smallest absolute Gasteiger partial charge is 0.349 e. The van der Waals surface area contributed by atoms with Gasteiger partial charge in [-0.3, -0.25) is 13.9 Å². The van der Waals surface area contributed by atoms with Gasteiger partial charge in [0.15, 0.2) is 5.69 Å². The average molecular weight is 554 g/mol. The summed E-state index contributed by atoms with van der Waals surface area (Å²) in [7, 11) is 0. The lowest BCUT2D eigenvalue weighted by molar-refractivity contribution is -0.141. The lowest BCUT2D eigenvalue weighted by Gasteiger charge is -2.29. The van der Waals surface area contributed by atoms with Crippen molar-refractivity contribution in [2.45, 2.75) is 44.4 Å². The Morgan fingerprint density at radius 3 is 2.44 bits per heavy atom. The van der Waals surface area contributed by atoms with Gasteiger partial charge in [-0.05, 0) is 61.9 Å². The van der Waals surface area contributed by atoms with Gasteiger partial charge in [0.2, 0.25) is 0 Å². The number of nitriles is 1. The molecule has 2 heterocycles. The first-order valence-corrected chi connectivity index (χ1v) is 12.8. The molecular formula is C28H23ClF3N5O2. The number of halogens is 4. The molecule has 200 valence electrons. The highest BCUT2D eigenvalue weighted by Crippen LogP contribution is 2.32. The molecule has 5 rings (SSSR count). The van der Waals surface area contributed by atoms with E-state index < -0.39 is 23.3 Å². The first-order valence-electron chi connectivity index (χ1n) is 12.4. The van der Waals surface area contributed by atoms with Crippen molar-refractivity contribution in [2.24, 2.45) is 5.92 Å². The second kappa shape index (κ2) is 10.6. The Bertz CT molecular complexity index is 1650. The third-order valence-electron chi connectivity index (χ3n) is 7.09. The van der Waals surface area contributed by atoms with Crippen molar-refractivity contribution in [3.63, 3.8) is 0 Å². The third-order valence-corrected chi connectivity index (χ3v) is 7.30. The predicted octanol–water partition coefficient (Wildman–Crippen LogP) is 5.72. The minimum absolute atomic E-state index is 0.0566. The van der Waals surface area contributed by atoms with E-state index >= 15 is 0 Å². The maximum Gasteiger partial charge on any atom is 0.434 e. The molecule has 39 heavy (non-hydrogen) atoms. The number of benzene rings is 2. The summed E-state index contributed by atoms with van der Waals surface area (Å²) in [6, 6.07) is 17.1. The number of aromatic nitrogens is 3. The van der Waals surface area contributed by atoms with E-state index in [-0.39, 0.29) is 22.7 Å². The number of nitrogens with one attached hydrogen (secondary N) is 1. The quantitative estimate of drug-likeness (QED) is 0.342. The topological polar surface area (TPSA) is 92.7 Å². The van der Waals surface area contributed by atoms with E-state index in [2.05, 4.69) is 16.4 Å². The van der Waals surface area contributed by atoms with Crippen LogP contribution in [0.5, 0.6) is 0 Å². The van der Waals surface area contributed by atoms with Crippen molar-refractivity contribution in [3.8, 4) is 11.8 Å². The lowest BCUT2D eigenvalue weighted by Crippen LogP contribution is -2.39. The van der Waals surface area contributed by atoms with Gasteiger partial charge in [0.1, 0.15) is 6.07 Å². The molecule has 1 aliphatic rings. The van der Waals surface area contributed by atoms with Crippen LogP contribution in [0.2, 0.25) is 5.02 Å². The van der Waals surface area contributed by atoms with Crippen LogP contribution in [0.4, 0.5) is 13.2 Å². The molecule has 11 heteroatoms. The number of alkyl halides is 3. The summed E-state index contributed by atoms with van der Waals surface area (Å²) in [4.78, 5) is 29.6. The largest absolute Gasteiger partial charge is 0.434 e. The summed E-state index contributed by atoms with van der Waals surface area (Å²) in [6.07, 6.45) is -1.47. The van der Waals surface area contributed by atoms with Crippen molar-refractivity contribution in [1.82, 2.24) is 19.4 Å². The molecule has 1 N–H and O–H groups in total. The number of carbonyl (C=O) groups excluding carboxylic acids is 1. The van der Waals surface area contributed by atoms with E-state index in [0.29, 0.717) is 49.0 Å². The van der Waals surface area contributed by atoms with Gasteiger partial charge in [0.05, 0.1) is 32.9 Å². The SMILES string of the molecule is N#Cc1ccccc1-n1c(=O)n(C[C@H]2CC[C@H](NC(=O)c3cc(Cl)cnc3C(F)(F)F)CC2)c2ccccc21. The number of carbonyl (C=O) groups is 1. The molecular weight excluding hydrogens is 531 g/mol. The number of imidazole rings is 1. The Kier molecular flexibility index (Phi) is 7.19. The van der Waals surface area contributed by atoms with Crippen LogP contribution in [-0.2, 0) is 12.7 Å². The van der Waals surface area contributed by atoms with Gasteiger partial charge in [-0.1, -0.05) is 35.9 Å². The monoisotopic (exact) mass is 553 g/mol. The zero-order valence-corrected chi connectivity index (χ0v) is 21.3. The van der Waals surface area contributed by atoms with Crippen molar-refractivity contribution < 1.29 is 18.0 Å². The van der Waals surface area contributed by atoms with Crippen LogP contribution in [0.3, 0.4) is 0 Å². The molecule has 1 fully saturated rings. The fraction of sp³-hybridized carbons (Fsp3) is 0.286. The lowest BCUT2D eigenvalue weighted by atomic mass is 9.85. The molecule has 2 aromatic carbocycles. The van der Waals surface area contributed by atoms with E-state index in [1.807, 2.05) is 24.3 Å². The second-order valence-corrected chi connectivity index (χ2v) is 10.0. The molecule has 0 atom stereocenters. The Hall–Kier alpha value is -4.10. The zero-order chi connectivity index (χ0) is 27.7. The fourth-order valence-corrected chi connectivity index (χ4v) is 5.39. The molecule has 4 aromatic rings. The molecule has 2 aromatic heterocycles. The van der Waals surface area contributed by atoms with Crippen LogP contribution in [0.1, 0.15) is 47.3 Å². The number of hydrogen-bond acceptors (Lipinski definition) is 4. The average Bonchev–Trinajstić information content (AvgIpc) is 3.19. The van der Waals surface area contributed by atoms with Gasteiger partial charge in [0.25, 0.3) is 5.91 Å². The first-order chi connectivity index (χ1) is 18.7. The minimum atomic E-state index is -4.78. The number of pyridine rings is 1. The summed E-state index contributed by atoms with van der Waals surface area (Å²) in [5.74, 6) is -0.740. The standard InChI is InChI=1S/C28H23ClF3N5O2/c29-19-13-21(25(34-15-19)28(30,31)32)26(38)35-20-11-9-17(10-12-20)16-36-23-7-3-4-8-24(23)37(27(36)39)22-6-2-1-5-18(22)14-33/h1-8,13,15,17,20H,9-12,16H2,(H,35,38)/t17-,20-. The number of hydrogen-bond donors (Lipinski definition) is 1. The predicted molar refractivity (Wildman–Crippen MR) is 140 cm³/mol. The summed E-state index contributed by atoms with van der Waals surface area (Å²) in [6.45, 7) is 0.443. The van der Waals surface area contributed by atoms with Crippen molar-refractivity contribution in [1.29, 1.82) is 5.26 Å². The molecule has 0 saturated heterocycles. The van der Waals surface area contributed by atoms with Crippen LogP contribution in [0.25, 0.3) is 16.7 Å². The molecule has 0 aliphatic heterocycles. The Balaban J connectivity index is 1.32. The van der Waals surface area contributed by atoms with E-state index in [0.717, 1.165) is 17.8 Å². The number of nitrogens with zero attached hydrogens (tertiary/aromatic N) is 4. The second-order valence-electron chi connectivity index (χ2n) is 9.58. The summed E-state index contributed by atoms with van der Waals surface area (Å²) in [5, 5.41) is 12.2. The molecule has 0 radical (unpaired) electrons. The Morgan fingerprint density at radius 1 is 1.08 bits per heavy atom. The van der Waals surface area contributed by atoms with E-state index in [1.165, 1.54) is 0 Å². The molecule has 1 aliphatic carbocycles. The van der Waals surface area contributed by atoms with Gasteiger partial charge in [-0.15, -0.1) is 0 Å². The van der Waals surface area contributed by atoms with Crippen molar-refractivity contribution >= 4 is 28.5 Å². The molecule has 0 bridgehead atoms.